The van der Waals surface area contributed by atoms with Crippen LogP contribution in [0.15, 0.2) is 84.9 Å². The summed E-state index contributed by atoms with van der Waals surface area (Å²) in [4.78, 5) is 0. The largest absolute Gasteiger partial charge is 0.466 e. The van der Waals surface area contributed by atoms with E-state index in [1.807, 2.05) is 91.3 Å². The van der Waals surface area contributed by atoms with E-state index in [0.29, 0.717) is 13.0 Å². The fraction of sp³-hybridized carbons (Fsp3) is 0.250. The number of ether oxygens (including phenoxy) is 2. The first kappa shape index (κ1) is 19.2. The van der Waals surface area contributed by atoms with Crippen molar-refractivity contribution in [3.8, 4) is 5.75 Å². The molecule has 2 unspecified atom stereocenters. The van der Waals surface area contributed by atoms with Crippen molar-refractivity contribution in [2.45, 2.75) is 32.1 Å². The Morgan fingerprint density at radius 2 is 1.55 bits per heavy atom. The highest BCUT2D eigenvalue weighted by Crippen LogP contribution is 2.35. The van der Waals surface area contributed by atoms with E-state index in [0.717, 1.165) is 22.3 Å². The van der Waals surface area contributed by atoms with E-state index in [2.05, 4.69) is 22.4 Å². The second kappa shape index (κ2) is 8.45. The molecule has 0 amide bonds. The van der Waals surface area contributed by atoms with Gasteiger partial charge in [0.1, 0.15) is 11.3 Å². The van der Waals surface area contributed by atoms with Crippen molar-refractivity contribution in [3.63, 3.8) is 0 Å². The number of nitrogens with zero attached hydrogens (tertiary/aromatic N) is 3. The average Bonchev–Trinajstić information content (AvgIpc) is 3.20. The van der Waals surface area contributed by atoms with Crippen LogP contribution in [-0.2, 0) is 10.5 Å². The Bertz CT molecular complexity index is 1050. The molecule has 4 rings (SSSR count). The molecule has 0 spiro atoms. The van der Waals surface area contributed by atoms with Crippen LogP contribution >= 0.6 is 0 Å². The summed E-state index contributed by atoms with van der Waals surface area (Å²) in [5.74, 6) is 0.776. The third kappa shape index (κ3) is 4.15. The Hall–Kier alpha value is -3.18. The molecule has 4 aromatic rings. The fourth-order valence-electron chi connectivity index (χ4n) is 3.62. The summed E-state index contributed by atoms with van der Waals surface area (Å²) < 4.78 is 14.5. The fourth-order valence-corrected chi connectivity index (χ4v) is 3.62. The van der Waals surface area contributed by atoms with Gasteiger partial charge in [-0.25, -0.2) is 4.68 Å². The molecule has 0 aliphatic heterocycles. The summed E-state index contributed by atoms with van der Waals surface area (Å²) in [5.41, 5.74) is 2.08. The van der Waals surface area contributed by atoms with Gasteiger partial charge < -0.3 is 9.47 Å². The maximum atomic E-state index is 6.53. The third-order valence-corrected chi connectivity index (χ3v) is 4.98. The highest BCUT2D eigenvalue weighted by molar-refractivity contribution is 5.74. The quantitative estimate of drug-likeness (QED) is 0.409. The predicted octanol–water partition coefficient (Wildman–Crippen LogP) is 5.35. The van der Waals surface area contributed by atoms with Crippen LogP contribution in [0.1, 0.15) is 31.9 Å². The third-order valence-electron chi connectivity index (χ3n) is 4.98. The lowest BCUT2D eigenvalue weighted by atomic mass is 9.99. The molecule has 0 saturated heterocycles. The Morgan fingerprint density at radius 3 is 2.28 bits per heavy atom. The molecule has 1 heterocycles. The van der Waals surface area contributed by atoms with Gasteiger partial charge in [-0.3, -0.25) is 0 Å². The SMILES string of the molecule is CCOC(CC(C)(Oc1ccccc1)n1nnc2ccccc21)c1ccccc1. The number of para-hydroxylation sites is 2. The number of hydrogen-bond acceptors (Lipinski definition) is 4. The lowest BCUT2D eigenvalue weighted by Gasteiger charge is -2.34. The first-order valence-electron chi connectivity index (χ1n) is 9.91. The van der Waals surface area contributed by atoms with Crippen LogP contribution < -0.4 is 4.74 Å². The molecule has 5 nitrogen and oxygen atoms in total. The summed E-state index contributed by atoms with van der Waals surface area (Å²) in [6, 6.07) is 28.0. The molecule has 0 aliphatic carbocycles. The Labute approximate surface area is 170 Å². The maximum absolute atomic E-state index is 6.53. The van der Waals surface area contributed by atoms with Crippen molar-refractivity contribution in [2.24, 2.45) is 0 Å². The molecule has 148 valence electrons. The van der Waals surface area contributed by atoms with Crippen LogP contribution in [0.5, 0.6) is 5.75 Å². The number of rotatable bonds is 8. The molecular weight excluding hydrogens is 362 g/mol. The lowest BCUT2D eigenvalue weighted by molar-refractivity contribution is -0.0639. The van der Waals surface area contributed by atoms with Gasteiger partial charge in [-0.1, -0.05) is 65.9 Å². The molecule has 0 saturated carbocycles. The second-order valence-corrected chi connectivity index (χ2v) is 7.14. The zero-order chi connectivity index (χ0) is 20.1. The first-order chi connectivity index (χ1) is 14.2. The van der Waals surface area contributed by atoms with E-state index >= 15 is 0 Å². The van der Waals surface area contributed by atoms with E-state index < -0.39 is 5.72 Å². The van der Waals surface area contributed by atoms with Crippen molar-refractivity contribution in [2.75, 3.05) is 6.61 Å². The molecule has 0 bridgehead atoms. The second-order valence-electron chi connectivity index (χ2n) is 7.14. The lowest BCUT2D eigenvalue weighted by Crippen LogP contribution is -2.39. The standard InChI is InChI=1S/C24H25N3O2/c1-3-28-23(19-12-6-4-7-13-19)18-24(2,29-20-14-8-5-9-15-20)27-22-17-11-10-16-21(22)25-26-27/h4-17,23H,3,18H2,1-2H3. The van der Waals surface area contributed by atoms with Crippen LogP contribution in [0.25, 0.3) is 11.0 Å². The molecule has 0 N–H and O–H groups in total. The predicted molar refractivity (Wildman–Crippen MR) is 114 cm³/mol. The summed E-state index contributed by atoms with van der Waals surface area (Å²) in [7, 11) is 0. The van der Waals surface area contributed by atoms with E-state index in [1.54, 1.807) is 0 Å². The van der Waals surface area contributed by atoms with Gasteiger partial charge in [0.15, 0.2) is 0 Å². The number of hydrogen-bond donors (Lipinski definition) is 0. The van der Waals surface area contributed by atoms with Crippen LogP contribution in [0, 0.1) is 0 Å². The van der Waals surface area contributed by atoms with Gasteiger partial charge in [0.25, 0.3) is 0 Å². The molecule has 3 aromatic carbocycles. The molecule has 1 aromatic heterocycles. The van der Waals surface area contributed by atoms with Crippen molar-refractivity contribution in [1.82, 2.24) is 15.0 Å². The number of benzene rings is 3. The zero-order valence-electron chi connectivity index (χ0n) is 16.7. The normalized spacial score (nSPS) is 14.4. The maximum Gasteiger partial charge on any atom is 0.204 e. The smallest absolute Gasteiger partial charge is 0.204 e. The van der Waals surface area contributed by atoms with Crippen molar-refractivity contribution in [3.05, 3.63) is 90.5 Å². The van der Waals surface area contributed by atoms with Crippen LogP contribution in [0.2, 0.25) is 0 Å². The van der Waals surface area contributed by atoms with Gasteiger partial charge in [0, 0.05) is 13.0 Å². The minimum atomic E-state index is -0.798. The summed E-state index contributed by atoms with van der Waals surface area (Å²) >= 11 is 0. The number of aromatic nitrogens is 3. The van der Waals surface area contributed by atoms with Gasteiger partial charge in [-0.05, 0) is 43.7 Å². The van der Waals surface area contributed by atoms with Gasteiger partial charge in [-0.15, -0.1) is 5.10 Å². The van der Waals surface area contributed by atoms with E-state index in [4.69, 9.17) is 9.47 Å². The minimum Gasteiger partial charge on any atom is -0.466 e. The van der Waals surface area contributed by atoms with Gasteiger partial charge >= 0.3 is 0 Å². The Kier molecular flexibility index (Phi) is 5.58. The highest BCUT2D eigenvalue weighted by Gasteiger charge is 2.36. The summed E-state index contributed by atoms with van der Waals surface area (Å²) in [6.07, 6.45) is 0.436. The molecule has 29 heavy (non-hydrogen) atoms. The van der Waals surface area contributed by atoms with Crippen LogP contribution in [0.3, 0.4) is 0 Å². The van der Waals surface area contributed by atoms with E-state index in [-0.39, 0.29) is 6.10 Å². The number of fused-ring (bicyclic) bond motifs is 1. The Morgan fingerprint density at radius 1 is 0.897 bits per heavy atom. The van der Waals surface area contributed by atoms with Gasteiger partial charge in [0.2, 0.25) is 5.72 Å². The summed E-state index contributed by atoms with van der Waals surface area (Å²) in [6.45, 7) is 4.66. The zero-order valence-corrected chi connectivity index (χ0v) is 16.7. The monoisotopic (exact) mass is 387 g/mol. The topological polar surface area (TPSA) is 49.2 Å². The van der Waals surface area contributed by atoms with Crippen molar-refractivity contribution in [1.29, 1.82) is 0 Å². The van der Waals surface area contributed by atoms with Gasteiger partial charge in [0.05, 0.1) is 11.6 Å². The minimum absolute atomic E-state index is 0.141. The molecule has 2 atom stereocenters. The van der Waals surface area contributed by atoms with Crippen molar-refractivity contribution < 1.29 is 9.47 Å². The molecular formula is C24H25N3O2. The first-order valence-corrected chi connectivity index (χ1v) is 9.91. The van der Waals surface area contributed by atoms with Crippen LogP contribution in [-0.4, -0.2) is 21.6 Å². The van der Waals surface area contributed by atoms with Crippen molar-refractivity contribution >= 4 is 11.0 Å². The molecule has 0 radical (unpaired) electrons. The van der Waals surface area contributed by atoms with E-state index in [1.165, 1.54) is 0 Å². The van der Waals surface area contributed by atoms with Gasteiger partial charge in [-0.2, -0.15) is 0 Å². The van der Waals surface area contributed by atoms with Crippen LogP contribution in [0.4, 0.5) is 0 Å². The molecule has 5 heteroatoms. The summed E-state index contributed by atoms with van der Waals surface area (Å²) in [5, 5.41) is 8.80. The highest BCUT2D eigenvalue weighted by atomic mass is 16.5. The molecule has 0 fully saturated rings. The molecule has 0 aliphatic rings. The van der Waals surface area contributed by atoms with E-state index in [9.17, 15) is 0 Å². The average molecular weight is 387 g/mol. The Balaban J connectivity index is 1.77.